The molecule has 16 rings (SSSR count). The molecule has 574 valence electrons. The minimum atomic E-state index is -1.97. The summed E-state index contributed by atoms with van der Waals surface area (Å²) < 4.78 is 0. The lowest BCUT2D eigenvalue weighted by Crippen LogP contribution is -3.00. The van der Waals surface area contributed by atoms with Crippen LogP contribution in [0, 0.1) is 52.2 Å². The number of hydrogen-bond donors (Lipinski definition) is 0. The van der Waals surface area contributed by atoms with Crippen LogP contribution in [0.1, 0.15) is 50.1 Å². The van der Waals surface area contributed by atoms with Gasteiger partial charge in [-0.15, -0.1) is 0 Å². The Kier molecular flexibility index (Phi) is 33.9. The molecule has 16 aromatic carbocycles. The third kappa shape index (κ3) is 21.0. The molecule has 16 aromatic rings. The van der Waals surface area contributed by atoms with Crippen LogP contribution in [-0.2, 0) is 24.6 Å². The minimum Gasteiger partial charge on any atom is -1.00 e. The first-order valence-electron chi connectivity index (χ1n) is 37.9. The molecule has 0 aliphatic rings. The van der Waals surface area contributed by atoms with Gasteiger partial charge in [0.25, 0.3) is 0 Å². The molecular weight excluding hydrogens is 1580 g/mol. The highest BCUT2D eigenvalue weighted by Gasteiger charge is 2.49. The standard InChI is InChI=1S/C27H23NP.3C26H21NP.4ClH/c1-22-17-18-23(19-24(22)20-28)21-29(25-11-5-2-6-12-25,26-13-7-3-8-14-26)27-15-9-4-10-16-27;27-20-22-12-10-11-13-23(22)21-28(24-14-4-1-5-15-24,25-16-6-2-7-17-25)26-18-8-3-9-19-26;27-20-22-11-10-12-23(19-22)21-28(24-13-4-1-5-14-24,25-15-6-2-7-16-25)26-17-8-3-9-18-26;27-20-22-16-18-23(19-17-22)21-28(24-10-4-1-5-11-24,25-12-6-2-7-13-25)26-14-8-3-9-15-26;;;;/h2-19H,21H2,1H3;3*1-19H,21H2;4*1H/q4*+1;;;;/p-4. The van der Waals surface area contributed by atoms with Crippen LogP contribution in [0.4, 0.5) is 0 Å². The summed E-state index contributed by atoms with van der Waals surface area (Å²) in [6.07, 6.45) is 3.53. The van der Waals surface area contributed by atoms with Crippen molar-refractivity contribution in [1.29, 1.82) is 21.0 Å². The molecule has 4 nitrogen and oxygen atoms in total. The fraction of sp³-hybridized carbons (Fsp3) is 0.0476. The number of hydrogen-bond acceptors (Lipinski definition) is 4. The van der Waals surface area contributed by atoms with Gasteiger partial charge in [0.15, 0.2) is 0 Å². The van der Waals surface area contributed by atoms with Crippen molar-refractivity contribution in [2.24, 2.45) is 0 Å². The predicted octanol–water partition coefficient (Wildman–Crippen LogP) is 8.53. The van der Waals surface area contributed by atoms with Gasteiger partial charge in [0.1, 0.15) is 92.7 Å². The van der Waals surface area contributed by atoms with Gasteiger partial charge in [-0.25, -0.2) is 0 Å². The highest BCUT2D eigenvalue weighted by Crippen LogP contribution is 2.62. The van der Waals surface area contributed by atoms with E-state index in [0.717, 1.165) is 46.9 Å². The Morgan fingerprint density at radius 2 is 0.419 bits per heavy atom. The maximum Gasteiger partial charge on any atom is 0.116 e. The maximum absolute atomic E-state index is 9.69. The molecule has 0 bridgehead atoms. The van der Waals surface area contributed by atoms with E-state index in [-0.39, 0.29) is 49.6 Å². The van der Waals surface area contributed by atoms with Crippen LogP contribution in [-0.4, -0.2) is 0 Å². The lowest BCUT2D eigenvalue weighted by atomic mass is 10.1. The van der Waals surface area contributed by atoms with Crippen molar-refractivity contribution in [2.45, 2.75) is 31.6 Å². The number of aryl methyl sites for hydroxylation is 1. The summed E-state index contributed by atoms with van der Waals surface area (Å²) in [7, 11) is -7.69. The third-order valence-corrected chi connectivity index (χ3v) is 38.2. The normalized spacial score (nSPS) is 10.6. The minimum absolute atomic E-state index is 0. The van der Waals surface area contributed by atoms with Crippen molar-refractivity contribution in [1.82, 2.24) is 0 Å². The smallest absolute Gasteiger partial charge is 0.116 e. The number of nitriles is 4. The molecular formula is C105H86Cl4N4P4. The topological polar surface area (TPSA) is 95.2 Å². The van der Waals surface area contributed by atoms with E-state index in [2.05, 4.69) is 431 Å². The Labute approximate surface area is 718 Å². The zero-order chi connectivity index (χ0) is 77.8. The summed E-state index contributed by atoms with van der Waals surface area (Å²) in [4.78, 5) is 0. The first-order chi connectivity index (χ1) is 55.7. The van der Waals surface area contributed by atoms with E-state index in [4.69, 9.17) is 5.26 Å². The van der Waals surface area contributed by atoms with Crippen molar-refractivity contribution in [3.8, 4) is 24.3 Å². The molecule has 0 unspecified atom stereocenters. The molecule has 12 heteroatoms. The zero-order valence-corrected chi connectivity index (χ0v) is 71.3. The fourth-order valence-electron chi connectivity index (χ4n) is 15.2. The SMILES string of the molecule is Cc1ccc(C[P+](c2ccccc2)(c2ccccc2)c2ccccc2)cc1C#N.N#Cc1ccc(C[P+](c2ccccc2)(c2ccccc2)c2ccccc2)cc1.N#Cc1cccc(C[P+](c2ccccc2)(c2ccccc2)c2ccccc2)c1.N#Cc1ccccc1C[P+](c1ccccc1)(c1ccccc1)c1ccccc1.[Cl-].[Cl-].[Cl-].[Cl-]. The van der Waals surface area contributed by atoms with Crippen LogP contribution in [0.5, 0.6) is 0 Å². The lowest BCUT2D eigenvalue weighted by Gasteiger charge is -2.28. The molecule has 0 aliphatic carbocycles. The van der Waals surface area contributed by atoms with Crippen molar-refractivity contribution in [2.75, 3.05) is 0 Å². The lowest BCUT2D eigenvalue weighted by molar-refractivity contribution is -0.00100. The van der Waals surface area contributed by atoms with E-state index in [1.165, 1.54) is 80.3 Å². The van der Waals surface area contributed by atoms with Crippen LogP contribution in [0.25, 0.3) is 0 Å². The first kappa shape index (κ1) is 89.3. The number of halogens is 4. The van der Waals surface area contributed by atoms with E-state index in [1.54, 1.807) is 0 Å². The third-order valence-electron chi connectivity index (χ3n) is 20.7. The van der Waals surface area contributed by atoms with Gasteiger partial charge < -0.3 is 49.6 Å². The second kappa shape index (κ2) is 44.5. The molecule has 0 fully saturated rings. The van der Waals surface area contributed by atoms with Gasteiger partial charge in [-0.3, -0.25) is 0 Å². The summed E-state index contributed by atoms with van der Waals surface area (Å²) in [5.74, 6) is 0. The van der Waals surface area contributed by atoms with Gasteiger partial charge in [0, 0.05) is 5.56 Å². The van der Waals surface area contributed by atoms with Crippen molar-refractivity contribution < 1.29 is 49.6 Å². The molecule has 0 heterocycles. The van der Waals surface area contributed by atoms with Gasteiger partial charge in [-0.2, -0.15) is 21.0 Å². The zero-order valence-electron chi connectivity index (χ0n) is 64.7. The summed E-state index contributed by atoms with van der Waals surface area (Å²) in [6, 6.07) is 170. The summed E-state index contributed by atoms with van der Waals surface area (Å²) in [5.41, 5.74) is 8.72. The molecule has 0 N–H and O–H groups in total. The Hall–Kier alpha value is -11.6. The van der Waals surface area contributed by atoms with Crippen LogP contribution in [0.2, 0.25) is 0 Å². The summed E-state index contributed by atoms with van der Waals surface area (Å²) in [5, 5.41) is 54.0. The average molecular weight is 1670 g/mol. The van der Waals surface area contributed by atoms with E-state index < -0.39 is 29.0 Å². The molecule has 0 radical (unpaired) electrons. The Morgan fingerprint density at radius 1 is 0.188 bits per heavy atom. The second-order valence-electron chi connectivity index (χ2n) is 27.5. The van der Waals surface area contributed by atoms with Crippen molar-refractivity contribution in [3.05, 3.63) is 505 Å². The van der Waals surface area contributed by atoms with Gasteiger partial charge in [0.05, 0.1) is 71.2 Å². The molecule has 0 aromatic heterocycles. The molecule has 0 aliphatic heterocycles. The molecule has 0 saturated heterocycles. The number of benzene rings is 16. The summed E-state index contributed by atoms with van der Waals surface area (Å²) >= 11 is 0. The van der Waals surface area contributed by atoms with Gasteiger partial charge >= 0.3 is 0 Å². The van der Waals surface area contributed by atoms with E-state index >= 15 is 0 Å². The highest BCUT2D eigenvalue weighted by atomic mass is 35.5. The van der Waals surface area contributed by atoms with Crippen LogP contribution in [0.15, 0.2) is 455 Å². The largest absolute Gasteiger partial charge is 1.00 e. The molecule has 0 saturated carbocycles. The second-order valence-corrected chi connectivity index (χ2v) is 41.5. The molecule has 0 atom stereocenters. The molecule has 117 heavy (non-hydrogen) atoms. The van der Waals surface area contributed by atoms with Gasteiger partial charge in [-0.05, 0) is 211 Å². The van der Waals surface area contributed by atoms with Crippen molar-refractivity contribution >= 4 is 92.7 Å². The van der Waals surface area contributed by atoms with E-state index in [9.17, 15) is 15.8 Å². The predicted molar refractivity (Wildman–Crippen MR) is 485 cm³/mol. The monoisotopic (exact) mass is 1670 g/mol. The summed E-state index contributed by atoms with van der Waals surface area (Å²) in [6.45, 7) is 2.00. The maximum atomic E-state index is 9.69. The van der Waals surface area contributed by atoms with Crippen LogP contribution >= 0.6 is 29.0 Å². The number of rotatable bonds is 20. The van der Waals surface area contributed by atoms with Crippen LogP contribution < -0.4 is 113 Å². The van der Waals surface area contributed by atoms with Crippen molar-refractivity contribution in [3.63, 3.8) is 0 Å². The van der Waals surface area contributed by atoms with E-state index in [0.29, 0.717) is 11.1 Å². The number of nitrogens with zero attached hydrogens (tertiary/aromatic N) is 4. The van der Waals surface area contributed by atoms with Gasteiger partial charge in [-0.1, -0.05) is 273 Å². The highest BCUT2D eigenvalue weighted by molar-refractivity contribution is 7.96. The average Bonchev–Trinajstić information content (AvgIpc) is 0.773. The fourth-order valence-corrected chi connectivity index (χ4v) is 32.2. The Balaban J connectivity index is 0.000000176. The Morgan fingerprint density at radius 3 is 0.684 bits per heavy atom. The van der Waals surface area contributed by atoms with Gasteiger partial charge in [0.2, 0.25) is 0 Å². The Bertz CT molecular complexity index is 5470. The molecule has 0 amide bonds. The molecule has 0 spiro atoms. The quantitative estimate of drug-likeness (QED) is 0.0716. The van der Waals surface area contributed by atoms with Crippen LogP contribution in [0.3, 0.4) is 0 Å². The van der Waals surface area contributed by atoms with E-state index in [1.807, 2.05) is 55.5 Å². The first-order valence-corrected chi connectivity index (χ1v) is 45.8.